The van der Waals surface area contributed by atoms with Gasteiger partial charge in [0.15, 0.2) is 14.9 Å². The van der Waals surface area contributed by atoms with Crippen LogP contribution in [0, 0.1) is 0 Å². The van der Waals surface area contributed by atoms with Gasteiger partial charge in [-0.2, -0.15) is 0 Å². The van der Waals surface area contributed by atoms with Crippen molar-refractivity contribution in [2.75, 3.05) is 5.75 Å². The predicted molar refractivity (Wildman–Crippen MR) is 77.4 cm³/mol. The standard InChI is InChI=1S/C14H15N3O3S/c1-2-21(19,20)13-9-11(3-8-16-13)10-17-14(18)12-4-6-15-7-5-12/h3-9H,2,10H2,1H3,(H,17,18). The summed E-state index contributed by atoms with van der Waals surface area (Å²) in [5, 5.41) is 2.75. The van der Waals surface area contributed by atoms with E-state index in [4.69, 9.17) is 0 Å². The van der Waals surface area contributed by atoms with Crippen molar-refractivity contribution < 1.29 is 13.2 Å². The van der Waals surface area contributed by atoms with Gasteiger partial charge in [-0.15, -0.1) is 0 Å². The van der Waals surface area contributed by atoms with E-state index >= 15 is 0 Å². The number of carbonyl (C=O) groups is 1. The van der Waals surface area contributed by atoms with Gasteiger partial charge in [-0.25, -0.2) is 13.4 Å². The molecule has 0 saturated carbocycles. The fourth-order valence-electron chi connectivity index (χ4n) is 1.67. The molecule has 2 aromatic heterocycles. The second kappa shape index (κ2) is 6.45. The molecule has 0 unspecified atom stereocenters. The van der Waals surface area contributed by atoms with Crippen molar-refractivity contribution >= 4 is 15.7 Å². The van der Waals surface area contributed by atoms with Gasteiger partial charge in [-0.05, 0) is 29.8 Å². The minimum absolute atomic E-state index is 0.00712. The van der Waals surface area contributed by atoms with Crippen LogP contribution in [0.2, 0.25) is 0 Å². The first kappa shape index (κ1) is 15.1. The number of hydrogen-bond acceptors (Lipinski definition) is 5. The lowest BCUT2D eigenvalue weighted by molar-refractivity contribution is 0.0950. The van der Waals surface area contributed by atoms with E-state index < -0.39 is 9.84 Å². The molecule has 7 heteroatoms. The van der Waals surface area contributed by atoms with Crippen molar-refractivity contribution in [3.8, 4) is 0 Å². The molecule has 0 aliphatic carbocycles. The summed E-state index contributed by atoms with van der Waals surface area (Å²) in [5.41, 5.74) is 1.18. The van der Waals surface area contributed by atoms with Gasteiger partial charge >= 0.3 is 0 Å². The highest BCUT2D eigenvalue weighted by Gasteiger charge is 2.13. The summed E-state index contributed by atoms with van der Waals surface area (Å²) in [6.07, 6.45) is 4.50. The molecule has 0 fully saturated rings. The van der Waals surface area contributed by atoms with Crippen LogP contribution >= 0.6 is 0 Å². The van der Waals surface area contributed by atoms with Gasteiger partial charge in [0, 0.05) is 30.7 Å². The van der Waals surface area contributed by atoms with Gasteiger partial charge in [-0.1, -0.05) is 6.92 Å². The van der Waals surface area contributed by atoms with Crippen LogP contribution in [0.25, 0.3) is 0 Å². The Morgan fingerprint density at radius 1 is 1.19 bits per heavy atom. The maximum Gasteiger partial charge on any atom is 0.251 e. The summed E-state index contributed by atoms with van der Waals surface area (Å²) in [5.74, 6) is -0.249. The third-order valence-electron chi connectivity index (χ3n) is 2.89. The predicted octanol–water partition coefficient (Wildman–Crippen LogP) is 1.20. The monoisotopic (exact) mass is 305 g/mol. The van der Waals surface area contributed by atoms with Crippen LogP contribution in [0.5, 0.6) is 0 Å². The average Bonchev–Trinajstić information content (AvgIpc) is 2.53. The summed E-state index contributed by atoms with van der Waals surface area (Å²) in [6.45, 7) is 1.80. The molecule has 6 nitrogen and oxygen atoms in total. The third-order valence-corrected chi connectivity index (χ3v) is 4.51. The van der Waals surface area contributed by atoms with Crippen molar-refractivity contribution in [2.24, 2.45) is 0 Å². The normalized spacial score (nSPS) is 11.1. The highest BCUT2D eigenvalue weighted by atomic mass is 32.2. The van der Waals surface area contributed by atoms with Gasteiger partial charge in [0.25, 0.3) is 5.91 Å². The summed E-state index contributed by atoms with van der Waals surface area (Å²) < 4.78 is 23.5. The highest BCUT2D eigenvalue weighted by molar-refractivity contribution is 7.91. The fourth-order valence-corrected chi connectivity index (χ4v) is 2.51. The molecule has 0 aliphatic rings. The molecule has 0 spiro atoms. The lowest BCUT2D eigenvalue weighted by Gasteiger charge is -2.07. The molecule has 2 aromatic rings. The third kappa shape index (κ3) is 3.85. The Morgan fingerprint density at radius 2 is 1.90 bits per heavy atom. The molecule has 1 amide bonds. The van der Waals surface area contributed by atoms with E-state index in [9.17, 15) is 13.2 Å². The van der Waals surface area contributed by atoms with Gasteiger partial charge in [-0.3, -0.25) is 9.78 Å². The largest absolute Gasteiger partial charge is 0.348 e. The molecular formula is C14H15N3O3S. The zero-order valence-corrected chi connectivity index (χ0v) is 12.3. The summed E-state index contributed by atoms with van der Waals surface area (Å²) in [4.78, 5) is 19.6. The average molecular weight is 305 g/mol. The first-order chi connectivity index (χ1) is 10.0. The minimum atomic E-state index is -3.34. The number of carbonyl (C=O) groups excluding carboxylic acids is 1. The van der Waals surface area contributed by atoms with Crippen LogP contribution in [0.4, 0.5) is 0 Å². The van der Waals surface area contributed by atoms with E-state index in [0.29, 0.717) is 11.1 Å². The van der Waals surface area contributed by atoms with Crippen molar-refractivity contribution in [3.63, 3.8) is 0 Å². The minimum Gasteiger partial charge on any atom is -0.348 e. The second-order valence-electron chi connectivity index (χ2n) is 4.32. The molecule has 0 radical (unpaired) electrons. The molecule has 0 atom stereocenters. The van der Waals surface area contributed by atoms with E-state index in [1.807, 2.05) is 0 Å². The number of nitrogens with zero attached hydrogens (tertiary/aromatic N) is 2. The van der Waals surface area contributed by atoms with Crippen molar-refractivity contribution in [3.05, 3.63) is 54.0 Å². The van der Waals surface area contributed by atoms with E-state index in [-0.39, 0.29) is 23.2 Å². The van der Waals surface area contributed by atoms with Crippen LogP contribution in [-0.2, 0) is 16.4 Å². The van der Waals surface area contributed by atoms with Crippen LogP contribution in [0.15, 0.2) is 47.9 Å². The van der Waals surface area contributed by atoms with Crippen molar-refractivity contribution in [1.82, 2.24) is 15.3 Å². The Kier molecular flexibility index (Phi) is 4.64. The Morgan fingerprint density at radius 3 is 2.57 bits per heavy atom. The number of sulfone groups is 1. The van der Waals surface area contributed by atoms with Gasteiger partial charge < -0.3 is 5.32 Å². The first-order valence-corrected chi connectivity index (χ1v) is 8.04. The van der Waals surface area contributed by atoms with E-state index in [1.54, 1.807) is 25.1 Å². The molecule has 21 heavy (non-hydrogen) atoms. The Bertz CT molecular complexity index is 730. The quantitative estimate of drug-likeness (QED) is 0.896. The Hall–Kier alpha value is -2.28. The maximum absolute atomic E-state index is 11.9. The van der Waals surface area contributed by atoms with Crippen molar-refractivity contribution in [1.29, 1.82) is 0 Å². The molecule has 0 bridgehead atoms. The Balaban J connectivity index is 2.08. The van der Waals surface area contributed by atoms with E-state index in [0.717, 1.165) is 0 Å². The Labute approximate surface area is 123 Å². The van der Waals surface area contributed by atoms with Crippen LogP contribution in [0.3, 0.4) is 0 Å². The molecule has 0 saturated heterocycles. The topological polar surface area (TPSA) is 89.0 Å². The van der Waals surface area contributed by atoms with Crippen molar-refractivity contribution in [2.45, 2.75) is 18.5 Å². The number of amides is 1. The molecule has 2 heterocycles. The molecule has 110 valence electrons. The SMILES string of the molecule is CCS(=O)(=O)c1cc(CNC(=O)c2ccncc2)ccn1. The number of nitrogens with one attached hydrogen (secondary N) is 1. The zero-order chi connectivity index (χ0) is 15.3. The van der Waals surface area contributed by atoms with E-state index in [2.05, 4.69) is 15.3 Å². The number of pyridine rings is 2. The van der Waals surface area contributed by atoms with Gasteiger partial charge in [0.1, 0.15) is 0 Å². The van der Waals surface area contributed by atoms with Gasteiger partial charge in [0.2, 0.25) is 0 Å². The van der Waals surface area contributed by atoms with Crippen LogP contribution < -0.4 is 5.32 Å². The lowest BCUT2D eigenvalue weighted by atomic mass is 10.2. The molecule has 1 N–H and O–H groups in total. The first-order valence-electron chi connectivity index (χ1n) is 6.39. The number of rotatable bonds is 5. The lowest BCUT2D eigenvalue weighted by Crippen LogP contribution is -2.23. The van der Waals surface area contributed by atoms with Gasteiger partial charge in [0.05, 0.1) is 5.75 Å². The number of hydrogen-bond donors (Lipinski definition) is 1. The molecule has 2 rings (SSSR count). The van der Waals surface area contributed by atoms with E-state index in [1.165, 1.54) is 24.7 Å². The van der Waals surface area contributed by atoms with Crippen LogP contribution in [0.1, 0.15) is 22.8 Å². The fraction of sp³-hybridized carbons (Fsp3) is 0.214. The molecule has 0 aromatic carbocycles. The summed E-state index contributed by atoms with van der Waals surface area (Å²) in [7, 11) is -3.34. The highest BCUT2D eigenvalue weighted by Crippen LogP contribution is 2.10. The molecule has 0 aliphatic heterocycles. The maximum atomic E-state index is 11.9. The smallest absolute Gasteiger partial charge is 0.251 e. The molecular weight excluding hydrogens is 290 g/mol. The second-order valence-corrected chi connectivity index (χ2v) is 6.55. The number of aromatic nitrogens is 2. The van der Waals surface area contributed by atoms with Crippen LogP contribution in [-0.4, -0.2) is 30.0 Å². The summed E-state index contributed by atoms with van der Waals surface area (Å²) >= 11 is 0. The zero-order valence-electron chi connectivity index (χ0n) is 11.5. The summed E-state index contributed by atoms with van der Waals surface area (Å²) in [6, 6.07) is 6.36.